The summed E-state index contributed by atoms with van der Waals surface area (Å²) >= 11 is 0. The fourth-order valence-corrected chi connectivity index (χ4v) is 1.99. The second-order valence-corrected chi connectivity index (χ2v) is 4.08. The summed E-state index contributed by atoms with van der Waals surface area (Å²) in [5.41, 5.74) is 4.02. The van der Waals surface area contributed by atoms with Gasteiger partial charge in [0.25, 0.3) is 0 Å². The van der Waals surface area contributed by atoms with E-state index in [1.165, 1.54) is 5.56 Å². The minimum Gasteiger partial charge on any atom is -0.267 e. The van der Waals surface area contributed by atoms with Crippen LogP contribution in [0.2, 0.25) is 0 Å². The van der Waals surface area contributed by atoms with Crippen molar-refractivity contribution < 1.29 is 0 Å². The van der Waals surface area contributed by atoms with Gasteiger partial charge in [0.2, 0.25) is 0 Å². The van der Waals surface area contributed by atoms with Gasteiger partial charge >= 0.3 is 0 Å². The van der Waals surface area contributed by atoms with Crippen LogP contribution >= 0.6 is 0 Å². The molecule has 0 aliphatic carbocycles. The van der Waals surface area contributed by atoms with Gasteiger partial charge in [-0.15, -0.1) is 0 Å². The van der Waals surface area contributed by atoms with Crippen LogP contribution in [0.4, 0.5) is 0 Å². The molecule has 0 unspecified atom stereocenters. The van der Waals surface area contributed by atoms with Gasteiger partial charge in [-0.3, -0.25) is 14.6 Å². The lowest BCUT2D eigenvalue weighted by Gasteiger charge is -1.96. The van der Waals surface area contributed by atoms with Crippen LogP contribution in [0.25, 0.3) is 22.3 Å². The van der Waals surface area contributed by atoms with Gasteiger partial charge in [0.1, 0.15) is 11.4 Å². The highest BCUT2D eigenvalue weighted by molar-refractivity contribution is 5.92. The minimum atomic E-state index is 0.809. The summed E-state index contributed by atoms with van der Waals surface area (Å²) in [4.78, 5) is 8.39. The van der Waals surface area contributed by atoms with Crippen LogP contribution in [0.1, 0.15) is 5.56 Å². The van der Waals surface area contributed by atoms with E-state index in [1.54, 1.807) is 18.6 Å². The highest BCUT2D eigenvalue weighted by Gasteiger charge is 2.11. The van der Waals surface area contributed by atoms with Gasteiger partial charge in [-0.2, -0.15) is 5.10 Å². The molecule has 4 heteroatoms. The number of rotatable bonds is 1. The maximum absolute atomic E-state index is 4.52. The smallest absolute Gasteiger partial charge is 0.120 e. The average molecular weight is 224 g/mol. The third kappa shape index (κ3) is 1.58. The molecule has 0 radical (unpaired) electrons. The van der Waals surface area contributed by atoms with Crippen molar-refractivity contribution in [2.75, 3.05) is 0 Å². The Labute approximate surface area is 98.9 Å². The number of aryl methyl sites for hydroxylation is 2. The van der Waals surface area contributed by atoms with E-state index in [2.05, 4.69) is 40.2 Å². The molecule has 0 aliphatic rings. The summed E-state index contributed by atoms with van der Waals surface area (Å²) in [5, 5.41) is 5.63. The van der Waals surface area contributed by atoms with E-state index in [9.17, 15) is 0 Å². The number of fused-ring (bicyclic) bond motifs is 1. The zero-order valence-corrected chi connectivity index (χ0v) is 9.75. The Balaban J connectivity index is 2.34. The first-order valence-electron chi connectivity index (χ1n) is 5.45. The molecule has 0 spiro atoms. The third-order valence-electron chi connectivity index (χ3n) is 2.81. The molecule has 0 fully saturated rings. The molecule has 3 aromatic rings. The lowest BCUT2D eigenvalue weighted by Crippen LogP contribution is -1.90. The molecule has 0 atom stereocenters. The summed E-state index contributed by atoms with van der Waals surface area (Å²) in [6.07, 6.45) is 5.09. The molecule has 3 rings (SSSR count). The Morgan fingerprint density at radius 3 is 2.82 bits per heavy atom. The predicted octanol–water partition coefficient (Wildman–Crippen LogP) is 2.34. The molecule has 4 nitrogen and oxygen atoms in total. The zero-order valence-electron chi connectivity index (χ0n) is 9.75. The van der Waals surface area contributed by atoms with E-state index in [1.807, 2.05) is 11.7 Å². The van der Waals surface area contributed by atoms with Crippen molar-refractivity contribution in [1.29, 1.82) is 0 Å². The quantitative estimate of drug-likeness (QED) is 0.637. The molecule has 0 saturated heterocycles. The van der Waals surface area contributed by atoms with Gasteiger partial charge in [0, 0.05) is 24.8 Å². The average Bonchev–Trinajstić information content (AvgIpc) is 2.67. The van der Waals surface area contributed by atoms with Crippen molar-refractivity contribution in [3.63, 3.8) is 0 Å². The Morgan fingerprint density at radius 2 is 2.06 bits per heavy atom. The highest BCUT2D eigenvalue weighted by Crippen LogP contribution is 2.26. The van der Waals surface area contributed by atoms with E-state index in [0.717, 1.165) is 22.3 Å². The molecule has 17 heavy (non-hydrogen) atoms. The fraction of sp³-hybridized carbons (Fsp3) is 0.154. The topological polar surface area (TPSA) is 43.6 Å². The molecule has 0 aliphatic heterocycles. The summed E-state index contributed by atoms with van der Waals surface area (Å²) in [6.45, 7) is 2.08. The monoisotopic (exact) mass is 224 g/mol. The van der Waals surface area contributed by atoms with Crippen molar-refractivity contribution >= 4 is 10.9 Å². The van der Waals surface area contributed by atoms with E-state index < -0.39 is 0 Å². The third-order valence-corrected chi connectivity index (χ3v) is 2.81. The first-order chi connectivity index (χ1) is 8.25. The molecule has 0 bridgehead atoms. The van der Waals surface area contributed by atoms with Crippen LogP contribution in [0.3, 0.4) is 0 Å². The molecular formula is C13H12N4. The van der Waals surface area contributed by atoms with Gasteiger partial charge in [-0.25, -0.2) is 0 Å². The van der Waals surface area contributed by atoms with Crippen LogP contribution in [0, 0.1) is 6.92 Å². The largest absolute Gasteiger partial charge is 0.267 e. The summed E-state index contributed by atoms with van der Waals surface area (Å²) in [5.74, 6) is 0. The van der Waals surface area contributed by atoms with Crippen LogP contribution in [-0.2, 0) is 7.05 Å². The highest BCUT2D eigenvalue weighted by atomic mass is 15.3. The Kier molecular flexibility index (Phi) is 2.14. The van der Waals surface area contributed by atoms with Gasteiger partial charge in [0.15, 0.2) is 0 Å². The maximum atomic E-state index is 4.52. The van der Waals surface area contributed by atoms with Gasteiger partial charge in [-0.1, -0.05) is 11.6 Å². The van der Waals surface area contributed by atoms with E-state index in [4.69, 9.17) is 0 Å². The normalized spacial score (nSPS) is 10.9. The first kappa shape index (κ1) is 9.96. The number of nitrogens with zero attached hydrogens (tertiary/aromatic N) is 4. The van der Waals surface area contributed by atoms with Crippen molar-refractivity contribution in [3.8, 4) is 11.4 Å². The molecule has 0 amide bonds. The Hall–Kier alpha value is -2.23. The lowest BCUT2D eigenvalue weighted by atomic mass is 10.1. The molecule has 2 heterocycles. The lowest BCUT2D eigenvalue weighted by molar-refractivity contribution is 0.799. The molecule has 0 N–H and O–H groups in total. The summed E-state index contributed by atoms with van der Waals surface area (Å²) in [7, 11) is 1.94. The van der Waals surface area contributed by atoms with Crippen molar-refractivity contribution in [2.45, 2.75) is 6.92 Å². The van der Waals surface area contributed by atoms with Crippen molar-refractivity contribution in [2.24, 2.45) is 7.05 Å². The number of aromatic nitrogens is 4. The van der Waals surface area contributed by atoms with E-state index in [0.29, 0.717) is 0 Å². The molecule has 2 aromatic heterocycles. The SMILES string of the molecule is Cc1ccc2c(c1)c(-c1cnccn1)nn2C. The summed E-state index contributed by atoms with van der Waals surface area (Å²) in [6, 6.07) is 6.30. The molecule has 1 aromatic carbocycles. The standard InChI is InChI=1S/C13H12N4/c1-9-3-4-12-10(7-9)13(16-17(12)2)11-8-14-5-6-15-11/h3-8H,1-2H3. The molecule has 84 valence electrons. The molecule has 0 saturated carbocycles. The zero-order chi connectivity index (χ0) is 11.8. The number of hydrogen-bond acceptors (Lipinski definition) is 3. The van der Waals surface area contributed by atoms with Crippen LogP contribution < -0.4 is 0 Å². The summed E-state index contributed by atoms with van der Waals surface area (Å²) < 4.78 is 1.87. The van der Waals surface area contributed by atoms with Crippen molar-refractivity contribution in [1.82, 2.24) is 19.7 Å². The van der Waals surface area contributed by atoms with Crippen molar-refractivity contribution in [3.05, 3.63) is 42.4 Å². The van der Waals surface area contributed by atoms with E-state index in [-0.39, 0.29) is 0 Å². The van der Waals surface area contributed by atoms with Crippen LogP contribution in [-0.4, -0.2) is 19.7 Å². The second-order valence-electron chi connectivity index (χ2n) is 4.08. The minimum absolute atomic E-state index is 0.809. The fourth-order valence-electron chi connectivity index (χ4n) is 1.99. The Morgan fingerprint density at radius 1 is 1.18 bits per heavy atom. The Bertz CT molecular complexity index is 670. The number of hydrogen-bond donors (Lipinski definition) is 0. The predicted molar refractivity (Wildman–Crippen MR) is 66.5 cm³/mol. The number of benzene rings is 1. The second kappa shape index (κ2) is 3.66. The maximum Gasteiger partial charge on any atom is 0.120 e. The first-order valence-corrected chi connectivity index (χ1v) is 5.45. The van der Waals surface area contributed by atoms with Crippen LogP contribution in [0.15, 0.2) is 36.8 Å². The van der Waals surface area contributed by atoms with Gasteiger partial charge < -0.3 is 0 Å². The van der Waals surface area contributed by atoms with Crippen LogP contribution in [0.5, 0.6) is 0 Å². The molecular weight excluding hydrogens is 212 g/mol. The van der Waals surface area contributed by atoms with Gasteiger partial charge in [0.05, 0.1) is 11.7 Å². The van der Waals surface area contributed by atoms with E-state index >= 15 is 0 Å². The van der Waals surface area contributed by atoms with Gasteiger partial charge in [-0.05, 0) is 19.1 Å².